The van der Waals surface area contributed by atoms with Gasteiger partial charge in [-0.05, 0) is 25.1 Å². The smallest absolute Gasteiger partial charge is 0.409 e. The molecule has 0 aromatic heterocycles. The van der Waals surface area contributed by atoms with Crippen LogP contribution in [0, 0.1) is 0 Å². The molecule has 1 aliphatic heterocycles. The van der Waals surface area contributed by atoms with E-state index in [4.69, 9.17) is 26.8 Å². The molecule has 3 amide bonds. The molecule has 8 nitrogen and oxygen atoms in total. The summed E-state index contributed by atoms with van der Waals surface area (Å²) < 4.78 is 10.4. The Morgan fingerprint density at radius 1 is 1.16 bits per heavy atom. The number of rotatable bonds is 5. The van der Waals surface area contributed by atoms with Crippen LogP contribution < -0.4 is 10.5 Å². The Bertz CT molecular complexity index is 659. The van der Waals surface area contributed by atoms with Crippen molar-refractivity contribution >= 4 is 29.5 Å². The summed E-state index contributed by atoms with van der Waals surface area (Å²) in [5.74, 6) is -0.725. The van der Waals surface area contributed by atoms with Crippen LogP contribution in [0.4, 0.5) is 4.79 Å². The Labute approximate surface area is 150 Å². The Hall–Kier alpha value is -2.48. The topological polar surface area (TPSA) is 102 Å². The van der Waals surface area contributed by atoms with Gasteiger partial charge in [-0.25, -0.2) is 4.79 Å². The zero-order chi connectivity index (χ0) is 18.4. The van der Waals surface area contributed by atoms with E-state index in [1.807, 2.05) is 0 Å². The molecule has 0 radical (unpaired) electrons. The number of primary amides is 1. The first kappa shape index (κ1) is 18.9. The zero-order valence-electron chi connectivity index (χ0n) is 13.9. The largest absolute Gasteiger partial charge is 0.483 e. The summed E-state index contributed by atoms with van der Waals surface area (Å²) in [4.78, 5) is 38.4. The molecule has 0 saturated carbocycles. The van der Waals surface area contributed by atoms with E-state index in [0.29, 0.717) is 37.8 Å². The molecule has 136 valence electrons. The fourth-order valence-corrected chi connectivity index (χ4v) is 2.58. The van der Waals surface area contributed by atoms with Gasteiger partial charge < -0.3 is 25.0 Å². The average Bonchev–Trinajstić information content (AvgIpc) is 2.60. The number of piperazine rings is 1. The van der Waals surface area contributed by atoms with Crippen molar-refractivity contribution in [2.45, 2.75) is 6.92 Å². The van der Waals surface area contributed by atoms with Crippen molar-refractivity contribution < 1.29 is 23.9 Å². The molecule has 0 atom stereocenters. The zero-order valence-corrected chi connectivity index (χ0v) is 14.6. The van der Waals surface area contributed by atoms with Gasteiger partial charge in [0, 0.05) is 31.2 Å². The van der Waals surface area contributed by atoms with Crippen LogP contribution in [-0.2, 0) is 9.53 Å². The van der Waals surface area contributed by atoms with Gasteiger partial charge >= 0.3 is 6.09 Å². The van der Waals surface area contributed by atoms with Gasteiger partial charge in [-0.2, -0.15) is 0 Å². The van der Waals surface area contributed by atoms with E-state index in [2.05, 4.69) is 0 Å². The monoisotopic (exact) mass is 369 g/mol. The Kier molecular flexibility index (Phi) is 6.46. The summed E-state index contributed by atoms with van der Waals surface area (Å²) in [7, 11) is 0. The number of benzene rings is 1. The van der Waals surface area contributed by atoms with Gasteiger partial charge in [0.15, 0.2) is 6.61 Å². The van der Waals surface area contributed by atoms with E-state index in [-0.39, 0.29) is 29.9 Å². The van der Waals surface area contributed by atoms with Crippen molar-refractivity contribution in [3.8, 4) is 5.75 Å². The molecule has 1 aromatic carbocycles. The number of nitrogens with zero attached hydrogens (tertiary/aromatic N) is 2. The lowest BCUT2D eigenvalue weighted by molar-refractivity contribution is -0.135. The molecule has 9 heteroatoms. The third-order valence-corrected chi connectivity index (χ3v) is 3.95. The van der Waals surface area contributed by atoms with Crippen molar-refractivity contribution in [1.82, 2.24) is 9.80 Å². The summed E-state index contributed by atoms with van der Waals surface area (Å²) >= 11 is 5.83. The summed E-state index contributed by atoms with van der Waals surface area (Å²) in [5.41, 5.74) is 5.40. The van der Waals surface area contributed by atoms with Crippen LogP contribution in [0.15, 0.2) is 18.2 Å². The molecule has 1 heterocycles. The SMILES string of the molecule is CCOC(=O)N1CCN(C(=O)COc2ccc(Cl)cc2C(N)=O)CC1. The minimum absolute atomic E-state index is 0.118. The van der Waals surface area contributed by atoms with E-state index in [9.17, 15) is 14.4 Å². The van der Waals surface area contributed by atoms with Crippen LogP contribution >= 0.6 is 11.6 Å². The van der Waals surface area contributed by atoms with Crippen LogP contribution in [0.5, 0.6) is 5.75 Å². The van der Waals surface area contributed by atoms with Gasteiger partial charge in [0.2, 0.25) is 0 Å². The average molecular weight is 370 g/mol. The lowest BCUT2D eigenvalue weighted by Crippen LogP contribution is -2.51. The van der Waals surface area contributed by atoms with Gasteiger partial charge in [0.1, 0.15) is 5.75 Å². The molecule has 25 heavy (non-hydrogen) atoms. The van der Waals surface area contributed by atoms with Crippen molar-refractivity contribution in [3.63, 3.8) is 0 Å². The predicted octanol–water partition coefficient (Wildman–Crippen LogP) is 1.12. The molecular weight excluding hydrogens is 350 g/mol. The second kappa shape index (κ2) is 8.57. The van der Waals surface area contributed by atoms with E-state index < -0.39 is 5.91 Å². The molecule has 1 saturated heterocycles. The highest BCUT2D eigenvalue weighted by Crippen LogP contribution is 2.22. The van der Waals surface area contributed by atoms with E-state index in [1.54, 1.807) is 22.8 Å². The van der Waals surface area contributed by atoms with Crippen molar-refractivity contribution in [2.75, 3.05) is 39.4 Å². The maximum Gasteiger partial charge on any atom is 0.409 e. The summed E-state index contributed by atoms with van der Waals surface area (Å²) in [6, 6.07) is 4.43. The van der Waals surface area contributed by atoms with Crippen molar-refractivity contribution in [3.05, 3.63) is 28.8 Å². The highest BCUT2D eigenvalue weighted by Gasteiger charge is 2.25. The standard InChI is InChI=1S/C16H20ClN3O5/c1-2-24-16(23)20-7-5-19(6-8-20)14(21)10-25-13-4-3-11(17)9-12(13)15(18)22/h3-4,9H,2,5-8,10H2,1H3,(H2,18,22). The predicted molar refractivity (Wildman–Crippen MR) is 90.6 cm³/mol. The first-order valence-corrected chi connectivity index (χ1v) is 8.21. The summed E-state index contributed by atoms with van der Waals surface area (Å²) in [6.45, 7) is 3.41. The number of amides is 3. The van der Waals surface area contributed by atoms with Crippen LogP contribution in [0.3, 0.4) is 0 Å². The van der Waals surface area contributed by atoms with E-state index in [1.165, 1.54) is 12.1 Å². The summed E-state index contributed by atoms with van der Waals surface area (Å²) in [6.07, 6.45) is -0.377. The van der Waals surface area contributed by atoms with Gasteiger partial charge in [0.25, 0.3) is 11.8 Å². The third kappa shape index (κ3) is 4.99. The molecule has 2 N–H and O–H groups in total. The molecule has 1 aromatic rings. The molecule has 0 unspecified atom stereocenters. The number of hydrogen-bond donors (Lipinski definition) is 1. The molecular formula is C16H20ClN3O5. The number of hydrogen-bond acceptors (Lipinski definition) is 5. The van der Waals surface area contributed by atoms with Gasteiger partial charge in [-0.1, -0.05) is 11.6 Å². The second-order valence-corrected chi connectivity index (χ2v) is 5.80. The molecule has 2 rings (SSSR count). The quantitative estimate of drug-likeness (QED) is 0.837. The number of carbonyl (C=O) groups excluding carboxylic acids is 3. The van der Waals surface area contributed by atoms with Gasteiger partial charge in [0.05, 0.1) is 12.2 Å². The lowest BCUT2D eigenvalue weighted by atomic mass is 10.2. The fraction of sp³-hybridized carbons (Fsp3) is 0.438. The minimum Gasteiger partial charge on any atom is -0.483 e. The highest BCUT2D eigenvalue weighted by atomic mass is 35.5. The maximum absolute atomic E-state index is 12.2. The number of carbonyl (C=O) groups is 3. The Morgan fingerprint density at radius 3 is 2.40 bits per heavy atom. The second-order valence-electron chi connectivity index (χ2n) is 5.36. The minimum atomic E-state index is -0.687. The van der Waals surface area contributed by atoms with Crippen molar-refractivity contribution in [1.29, 1.82) is 0 Å². The van der Waals surface area contributed by atoms with Gasteiger partial charge in [-0.3, -0.25) is 9.59 Å². The highest BCUT2D eigenvalue weighted by molar-refractivity contribution is 6.31. The van der Waals surface area contributed by atoms with Crippen LogP contribution in [0.2, 0.25) is 5.02 Å². The van der Waals surface area contributed by atoms with Gasteiger partial charge in [-0.15, -0.1) is 0 Å². The first-order valence-electron chi connectivity index (χ1n) is 7.84. The van der Waals surface area contributed by atoms with E-state index >= 15 is 0 Å². The molecule has 0 spiro atoms. The molecule has 0 bridgehead atoms. The third-order valence-electron chi connectivity index (χ3n) is 3.72. The molecule has 1 fully saturated rings. The maximum atomic E-state index is 12.2. The number of halogens is 1. The Balaban J connectivity index is 1.88. The normalized spacial score (nSPS) is 14.2. The molecule has 1 aliphatic rings. The van der Waals surface area contributed by atoms with Crippen LogP contribution in [0.1, 0.15) is 17.3 Å². The Morgan fingerprint density at radius 2 is 1.80 bits per heavy atom. The molecule has 0 aliphatic carbocycles. The van der Waals surface area contributed by atoms with Crippen molar-refractivity contribution in [2.24, 2.45) is 5.73 Å². The van der Waals surface area contributed by atoms with Crippen LogP contribution in [0.25, 0.3) is 0 Å². The fourth-order valence-electron chi connectivity index (χ4n) is 2.40. The first-order chi connectivity index (χ1) is 11.9. The van der Waals surface area contributed by atoms with E-state index in [0.717, 1.165) is 0 Å². The van der Waals surface area contributed by atoms with Crippen LogP contribution in [-0.4, -0.2) is 67.1 Å². The number of ether oxygens (including phenoxy) is 2. The summed E-state index contributed by atoms with van der Waals surface area (Å²) in [5, 5.41) is 0.350. The lowest BCUT2D eigenvalue weighted by Gasteiger charge is -2.34. The number of nitrogens with two attached hydrogens (primary N) is 1.